The van der Waals surface area contributed by atoms with Crippen molar-refractivity contribution in [1.29, 1.82) is 5.26 Å². The Kier molecular flexibility index (Phi) is 6.79. The van der Waals surface area contributed by atoms with Gasteiger partial charge in [-0.25, -0.2) is 4.68 Å². The van der Waals surface area contributed by atoms with Crippen molar-refractivity contribution in [2.75, 3.05) is 4.90 Å². The van der Waals surface area contributed by atoms with E-state index in [1.54, 1.807) is 4.68 Å². The number of nitrogens with one attached hydrogen (secondary N) is 1. The summed E-state index contributed by atoms with van der Waals surface area (Å²) in [7, 11) is 0. The number of halogens is 1. The van der Waals surface area contributed by atoms with E-state index in [4.69, 9.17) is 16.7 Å². The van der Waals surface area contributed by atoms with Crippen LogP contribution in [0, 0.1) is 11.3 Å². The fraction of sp³-hybridized carbons (Fsp3) is 0.138. The first-order chi connectivity index (χ1) is 17.9. The molecule has 4 aromatic rings. The number of para-hydroxylation sites is 1. The molecule has 0 saturated heterocycles. The number of amides is 1. The van der Waals surface area contributed by atoms with Crippen molar-refractivity contribution in [1.82, 2.24) is 15.1 Å². The molecule has 0 spiro atoms. The highest BCUT2D eigenvalue weighted by atomic mass is 35.5. The second-order valence-corrected chi connectivity index (χ2v) is 9.88. The highest BCUT2D eigenvalue weighted by molar-refractivity contribution is 7.84. The van der Waals surface area contributed by atoms with E-state index in [-0.39, 0.29) is 10.6 Å². The molecule has 1 amide bonds. The summed E-state index contributed by atoms with van der Waals surface area (Å²) in [6.07, 6.45) is 1.24. The molecule has 37 heavy (non-hydrogen) atoms. The Morgan fingerprint density at radius 3 is 2.30 bits per heavy atom. The van der Waals surface area contributed by atoms with Crippen molar-refractivity contribution in [3.63, 3.8) is 0 Å². The zero-order valence-corrected chi connectivity index (χ0v) is 21.9. The summed E-state index contributed by atoms with van der Waals surface area (Å²) in [5.74, 6) is -0.116. The Bertz CT molecular complexity index is 1520. The molecular formula is C29H24ClN5OS. The molecule has 2 heterocycles. The Labute approximate surface area is 226 Å². The number of aromatic nitrogens is 2. The fourth-order valence-corrected chi connectivity index (χ4v) is 4.85. The Morgan fingerprint density at radius 2 is 1.68 bits per heavy atom. The second-order valence-electron chi connectivity index (χ2n) is 9.02. The van der Waals surface area contributed by atoms with Crippen LogP contribution >= 0.6 is 24.2 Å². The van der Waals surface area contributed by atoms with Gasteiger partial charge in [-0.1, -0.05) is 67.9 Å². The molecule has 1 aliphatic heterocycles. The zero-order chi connectivity index (χ0) is 26.1. The standard InChI is InChI=1S/C29H24ClN5OS/c1-18(2)19-10-14-23(15-11-19)35-27(32-28(36)24(16-31)29(35)37)25-17-34(22-6-4-3-5-7-22)33-26(25)20-8-12-21(30)13-9-20/h3-15,17-18,27,37H,1-2H3,(H,32,36). The molecule has 0 radical (unpaired) electrons. The summed E-state index contributed by atoms with van der Waals surface area (Å²) in [6.45, 7) is 4.26. The van der Waals surface area contributed by atoms with E-state index in [2.05, 4.69) is 31.8 Å². The van der Waals surface area contributed by atoms with Crippen LogP contribution in [-0.4, -0.2) is 15.7 Å². The number of hydrogen-bond acceptors (Lipinski definition) is 5. The lowest BCUT2D eigenvalue weighted by atomic mass is 10.0. The van der Waals surface area contributed by atoms with Gasteiger partial charge in [0.05, 0.1) is 16.4 Å². The van der Waals surface area contributed by atoms with Crippen LogP contribution in [0.5, 0.6) is 0 Å². The summed E-state index contributed by atoms with van der Waals surface area (Å²) in [4.78, 5) is 14.9. The number of nitrogens with zero attached hydrogens (tertiary/aromatic N) is 4. The maximum absolute atomic E-state index is 13.0. The summed E-state index contributed by atoms with van der Waals surface area (Å²) in [6, 6.07) is 27.2. The van der Waals surface area contributed by atoms with Crippen molar-refractivity contribution in [2.45, 2.75) is 25.9 Å². The molecule has 6 nitrogen and oxygen atoms in total. The number of benzene rings is 3. The zero-order valence-electron chi connectivity index (χ0n) is 20.3. The summed E-state index contributed by atoms with van der Waals surface area (Å²) < 4.78 is 1.78. The van der Waals surface area contributed by atoms with E-state index < -0.39 is 12.1 Å². The van der Waals surface area contributed by atoms with Crippen molar-refractivity contribution >= 4 is 35.8 Å². The summed E-state index contributed by atoms with van der Waals surface area (Å²) in [5.41, 5.74) is 5.07. The number of carbonyl (C=O) groups excluding carboxylic acids is 1. The molecule has 1 aliphatic rings. The van der Waals surface area contributed by atoms with Gasteiger partial charge < -0.3 is 10.2 Å². The monoisotopic (exact) mass is 525 g/mol. The minimum absolute atomic E-state index is 0.0454. The molecule has 0 bridgehead atoms. The van der Waals surface area contributed by atoms with Crippen LogP contribution in [0.15, 0.2) is 95.7 Å². The lowest BCUT2D eigenvalue weighted by Crippen LogP contribution is -2.46. The van der Waals surface area contributed by atoms with Crippen LogP contribution in [0.1, 0.15) is 37.1 Å². The lowest BCUT2D eigenvalue weighted by Gasteiger charge is -2.37. The SMILES string of the molecule is CC(C)c1ccc(N2C(S)=C(C#N)C(=O)NC2c2cn(-c3ccccc3)nc2-c2ccc(Cl)cc2)cc1. The average Bonchev–Trinajstić information content (AvgIpc) is 3.35. The maximum Gasteiger partial charge on any atom is 0.266 e. The van der Waals surface area contributed by atoms with E-state index in [1.807, 2.05) is 96.0 Å². The maximum atomic E-state index is 13.0. The third kappa shape index (κ3) is 4.74. The van der Waals surface area contributed by atoms with Crippen LogP contribution in [0.2, 0.25) is 5.02 Å². The van der Waals surface area contributed by atoms with E-state index in [1.165, 1.54) is 5.56 Å². The minimum atomic E-state index is -0.662. The fourth-order valence-electron chi connectivity index (χ4n) is 4.35. The van der Waals surface area contributed by atoms with Gasteiger partial charge in [0.2, 0.25) is 0 Å². The molecule has 1 unspecified atom stereocenters. The third-order valence-corrected chi connectivity index (χ3v) is 7.02. The Balaban J connectivity index is 1.71. The molecule has 5 rings (SSSR count). The number of rotatable bonds is 5. The molecule has 1 atom stereocenters. The number of anilines is 1. The van der Waals surface area contributed by atoms with Crippen LogP contribution in [0.3, 0.4) is 0 Å². The molecule has 0 saturated carbocycles. The lowest BCUT2D eigenvalue weighted by molar-refractivity contribution is -0.118. The number of nitriles is 1. The molecule has 1 aromatic heterocycles. The van der Waals surface area contributed by atoms with Crippen molar-refractivity contribution in [2.24, 2.45) is 0 Å². The van der Waals surface area contributed by atoms with Crippen LogP contribution in [0.4, 0.5) is 5.69 Å². The van der Waals surface area contributed by atoms with Crippen molar-refractivity contribution in [3.05, 3.63) is 112 Å². The Hall–Kier alpha value is -3.99. The number of hydrogen-bond donors (Lipinski definition) is 2. The number of thiol groups is 1. The normalized spacial score (nSPS) is 15.6. The first-order valence-corrected chi connectivity index (χ1v) is 12.6. The Morgan fingerprint density at radius 1 is 1.00 bits per heavy atom. The van der Waals surface area contributed by atoms with Gasteiger partial charge in [0.25, 0.3) is 5.91 Å². The average molecular weight is 526 g/mol. The highest BCUT2D eigenvalue weighted by Gasteiger charge is 2.36. The number of carbonyl (C=O) groups is 1. The van der Waals surface area contributed by atoms with Crippen LogP contribution in [-0.2, 0) is 4.79 Å². The van der Waals surface area contributed by atoms with Gasteiger partial charge in [-0.2, -0.15) is 10.4 Å². The van der Waals surface area contributed by atoms with E-state index in [9.17, 15) is 10.1 Å². The van der Waals surface area contributed by atoms with Crippen LogP contribution < -0.4 is 10.2 Å². The predicted octanol–water partition coefficient (Wildman–Crippen LogP) is 6.62. The highest BCUT2D eigenvalue weighted by Crippen LogP contribution is 2.39. The third-order valence-electron chi connectivity index (χ3n) is 6.33. The van der Waals surface area contributed by atoms with Gasteiger partial charge >= 0.3 is 0 Å². The van der Waals surface area contributed by atoms with Gasteiger partial charge in [0, 0.05) is 28.0 Å². The molecular weight excluding hydrogens is 502 g/mol. The van der Waals surface area contributed by atoms with E-state index >= 15 is 0 Å². The second kappa shape index (κ2) is 10.2. The van der Waals surface area contributed by atoms with E-state index in [0.717, 1.165) is 22.5 Å². The summed E-state index contributed by atoms with van der Waals surface area (Å²) in [5, 5.41) is 18.5. The van der Waals surface area contributed by atoms with Crippen LogP contribution in [0.25, 0.3) is 16.9 Å². The van der Waals surface area contributed by atoms with Crippen molar-refractivity contribution < 1.29 is 4.79 Å². The van der Waals surface area contributed by atoms with Crippen molar-refractivity contribution in [3.8, 4) is 23.0 Å². The smallest absolute Gasteiger partial charge is 0.266 e. The molecule has 0 fully saturated rings. The predicted molar refractivity (Wildman–Crippen MR) is 150 cm³/mol. The van der Waals surface area contributed by atoms with Gasteiger partial charge in [0.1, 0.15) is 17.8 Å². The van der Waals surface area contributed by atoms with Gasteiger partial charge in [0.15, 0.2) is 0 Å². The van der Waals surface area contributed by atoms with E-state index in [0.29, 0.717) is 16.6 Å². The van der Waals surface area contributed by atoms with Gasteiger partial charge in [-0.05, 0) is 47.9 Å². The molecule has 0 aliphatic carbocycles. The first kappa shape index (κ1) is 24.7. The van der Waals surface area contributed by atoms with Gasteiger partial charge in [-0.15, -0.1) is 12.6 Å². The molecule has 8 heteroatoms. The van der Waals surface area contributed by atoms with Gasteiger partial charge in [-0.3, -0.25) is 4.79 Å². The first-order valence-electron chi connectivity index (χ1n) is 11.8. The quantitative estimate of drug-likeness (QED) is 0.287. The molecule has 1 N–H and O–H groups in total. The topological polar surface area (TPSA) is 74.0 Å². The molecule has 184 valence electrons. The molecule has 3 aromatic carbocycles. The summed E-state index contributed by atoms with van der Waals surface area (Å²) >= 11 is 10.8. The minimum Gasteiger partial charge on any atom is -0.327 e. The largest absolute Gasteiger partial charge is 0.327 e.